The zero-order valence-electron chi connectivity index (χ0n) is 28.1. The topological polar surface area (TPSA) is 101 Å². The molecule has 0 bridgehead atoms. The van der Waals surface area contributed by atoms with Gasteiger partial charge in [-0.15, -0.1) is 0 Å². The predicted molar refractivity (Wildman–Crippen MR) is 185 cm³/mol. The number of piperidine rings is 2. The predicted octanol–water partition coefficient (Wildman–Crippen LogP) is 5.89. The first kappa shape index (κ1) is 34.2. The summed E-state index contributed by atoms with van der Waals surface area (Å²) in [5, 5.41) is 2.95. The summed E-state index contributed by atoms with van der Waals surface area (Å²) in [6, 6.07) is 21.5. The summed E-state index contributed by atoms with van der Waals surface area (Å²) >= 11 is 0. The van der Waals surface area contributed by atoms with Crippen LogP contribution >= 0.6 is 0 Å². The first-order chi connectivity index (χ1) is 22.9. The van der Waals surface area contributed by atoms with Crippen LogP contribution in [0.3, 0.4) is 0 Å². The van der Waals surface area contributed by atoms with E-state index in [0.717, 1.165) is 81.6 Å². The lowest BCUT2D eigenvalue weighted by molar-refractivity contribution is -0.137. The number of anilines is 1. The van der Waals surface area contributed by atoms with Crippen LogP contribution in [0.1, 0.15) is 62.1 Å². The molecule has 252 valence electrons. The van der Waals surface area contributed by atoms with Crippen molar-refractivity contribution in [2.45, 2.75) is 58.7 Å². The smallest absolute Gasteiger partial charge is 0.413 e. The van der Waals surface area contributed by atoms with E-state index in [-0.39, 0.29) is 24.0 Å². The first-order valence-corrected chi connectivity index (χ1v) is 17.2. The Morgan fingerprint density at radius 3 is 2.47 bits per heavy atom. The van der Waals surface area contributed by atoms with Crippen LogP contribution in [-0.4, -0.2) is 102 Å². The number of hydrogen-bond acceptors (Lipinski definition) is 6. The fourth-order valence-electron chi connectivity index (χ4n) is 6.75. The fourth-order valence-corrected chi connectivity index (χ4v) is 6.75. The highest BCUT2D eigenvalue weighted by Gasteiger charge is 2.29. The summed E-state index contributed by atoms with van der Waals surface area (Å²) < 4.78 is 5.94. The monoisotopic (exact) mass is 642 g/mol. The molecule has 2 fully saturated rings. The van der Waals surface area contributed by atoms with Crippen molar-refractivity contribution in [2.24, 2.45) is 5.92 Å². The lowest BCUT2D eigenvalue weighted by atomic mass is 9.96. The number of nitrogens with zero attached hydrogens (tertiary/aromatic N) is 4. The van der Waals surface area contributed by atoms with Crippen LogP contribution in [0.2, 0.25) is 0 Å². The molecule has 3 amide bonds. The zero-order valence-corrected chi connectivity index (χ0v) is 28.1. The summed E-state index contributed by atoms with van der Waals surface area (Å²) in [5.41, 5.74) is 4.19. The van der Waals surface area contributed by atoms with Crippen molar-refractivity contribution in [2.75, 3.05) is 58.2 Å². The number of nitrogens with one attached hydrogen (secondary N) is 2. The van der Waals surface area contributed by atoms with E-state index in [4.69, 9.17) is 4.74 Å². The second-order valence-corrected chi connectivity index (χ2v) is 12.6. The van der Waals surface area contributed by atoms with Crippen LogP contribution in [0.4, 0.5) is 10.5 Å². The minimum absolute atomic E-state index is 0.0321. The lowest BCUT2D eigenvalue weighted by Crippen LogP contribution is -2.46. The molecule has 0 aliphatic carbocycles. The highest BCUT2D eigenvalue weighted by molar-refractivity contribution is 5.92. The molecule has 0 spiro atoms. The van der Waals surface area contributed by atoms with Gasteiger partial charge >= 0.3 is 6.09 Å². The molecule has 2 atom stereocenters. The van der Waals surface area contributed by atoms with E-state index in [0.29, 0.717) is 31.0 Å². The van der Waals surface area contributed by atoms with Crippen molar-refractivity contribution in [3.63, 3.8) is 0 Å². The Kier molecular flexibility index (Phi) is 12.1. The maximum Gasteiger partial charge on any atom is 0.413 e. The highest BCUT2D eigenvalue weighted by Crippen LogP contribution is 2.28. The quantitative estimate of drug-likeness (QED) is 0.255. The van der Waals surface area contributed by atoms with Crippen molar-refractivity contribution in [3.8, 4) is 11.1 Å². The van der Waals surface area contributed by atoms with E-state index in [1.807, 2.05) is 92.5 Å². The Morgan fingerprint density at radius 2 is 1.68 bits per heavy atom. The second-order valence-electron chi connectivity index (χ2n) is 12.6. The standard InChI is InChI=1S/C37H50N6O4/c1-4-42(5-2)35(44)29-16-13-22-41(26-29)27-30-20-21-33(38-30)36(45)40(3)24-25-43-23-12-11-19-34(43)47-37(46)39-32-18-10-9-17-31(32)28-14-7-6-8-15-28/h6-10,14-15,17-18,20-21,29,34,38H,4-5,11-13,16,19,22-27H2,1-3H3,(H,39,46)/t29-,34?/m1/s1. The molecule has 5 rings (SSSR count). The van der Waals surface area contributed by atoms with E-state index in [1.165, 1.54) is 0 Å². The maximum atomic E-state index is 13.3. The van der Waals surface area contributed by atoms with E-state index in [1.54, 1.807) is 4.90 Å². The van der Waals surface area contributed by atoms with Crippen molar-refractivity contribution < 1.29 is 19.1 Å². The Labute approximate surface area is 279 Å². The van der Waals surface area contributed by atoms with Crippen molar-refractivity contribution in [1.29, 1.82) is 0 Å². The number of hydrogen-bond donors (Lipinski definition) is 2. The number of carbonyl (C=O) groups excluding carboxylic acids is 3. The molecule has 2 saturated heterocycles. The van der Waals surface area contributed by atoms with Crippen LogP contribution in [0.25, 0.3) is 11.1 Å². The molecule has 0 radical (unpaired) electrons. The lowest BCUT2D eigenvalue weighted by Gasteiger charge is -2.35. The van der Waals surface area contributed by atoms with Gasteiger partial charge in [0, 0.05) is 64.1 Å². The molecular formula is C37H50N6O4. The summed E-state index contributed by atoms with van der Waals surface area (Å²) in [6.07, 6.45) is 3.85. The van der Waals surface area contributed by atoms with Crippen LogP contribution < -0.4 is 5.32 Å². The third-order valence-electron chi connectivity index (χ3n) is 9.42. The molecule has 3 heterocycles. The summed E-state index contributed by atoms with van der Waals surface area (Å²) in [6.45, 7) is 9.83. The second kappa shape index (κ2) is 16.6. The number of likely N-dealkylation sites (tertiary alicyclic amines) is 2. The first-order valence-electron chi connectivity index (χ1n) is 17.2. The summed E-state index contributed by atoms with van der Waals surface area (Å²) in [7, 11) is 1.81. The summed E-state index contributed by atoms with van der Waals surface area (Å²) in [5.74, 6) is 0.206. The van der Waals surface area contributed by atoms with Gasteiger partial charge in [0.05, 0.1) is 11.6 Å². The van der Waals surface area contributed by atoms with Gasteiger partial charge in [-0.1, -0.05) is 48.5 Å². The van der Waals surface area contributed by atoms with Gasteiger partial charge in [0.25, 0.3) is 5.91 Å². The number of ether oxygens (including phenoxy) is 1. The number of amides is 3. The molecule has 3 aromatic rings. The van der Waals surface area contributed by atoms with Gasteiger partial charge in [-0.25, -0.2) is 4.79 Å². The molecule has 1 aromatic heterocycles. The molecular weight excluding hydrogens is 592 g/mol. The zero-order chi connectivity index (χ0) is 33.2. The fraction of sp³-hybridized carbons (Fsp3) is 0.486. The number of H-pyrrole nitrogens is 1. The molecule has 0 saturated carbocycles. The number of benzene rings is 2. The number of aromatic amines is 1. The van der Waals surface area contributed by atoms with Gasteiger partial charge in [0.1, 0.15) is 5.69 Å². The average molecular weight is 643 g/mol. The number of para-hydroxylation sites is 1. The Bertz CT molecular complexity index is 1470. The van der Waals surface area contributed by atoms with Crippen LogP contribution in [-0.2, 0) is 16.1 Å². The molecule has 2 aromatic carbocycles. The largest absolute Gasteiger partial charge is 0.430 e. The summed E-state index contributed by atoms with van der Waals surface area (Å²) in [4.78, 5) is 50.7. The van der Waals surface area contributed by atoms with Gasteiger partial charge in [-0.05, 0) is 76.3 Å². The van der Waals surface area contributed by atoms with Gasteiger partial charge in [-0.3, -0.25) is 24.7 Å². The maximum absolute atomic E-state index is 13.3. The number of rotatable bonds is 12. The van der Waals surface area contributed by atoms with Gasteiger partial charge < -0.3 is 19.5 Å². The third kappa shape index (κ3) is 9.02. The van der Waals surface area contributed by atoms with Crippen LogP contribution in [0.5, 0.6) is 0 Å². The van der Waals surface area contributed by atoms with E-state index in [9.17, 15) is 14.4 Å². The highest BCUT2D eigenvalue weighted by atomic mass is 16.6. The van der Waals surface area contributed by atoms with Gasteiger partial charge in [0.15, 0.2) is 6.23 Å². The van der Waals surface area contributed by atoms with E-state index >= 15 is 0 Å². The minimum atomic E-state index is -0.480. The van der Waals surface area contributed by atoms with E-state index < -0.39 is 6.09 Å². The number of carbonyl (C=O) groups is 3. The Balaban J connectivity index is 1.11. The van der Waals surface area contributed by atoms with Crippen molar-refractivity contribution in [1.82, 2.24) is 24.6 Å². The third-order valence-corrected chi connectivity index (χ3v) is 9.42. The van der Waals surface area contributed by atoms with Crippen LogP contribution in [0.15, 0.2) is 66.7 Å². The normalized spacial score (nSPS) is 18.8. The van der Waals surface area contributed by atoms with E-state index in [2.05, 4.69) is 20.1 Å². The minimum Gasteiger partial charge on any atom is -0.430 e. The number of likely N-dealkylation sites (N-methyl/N-ethyl adjacent to an activating group) is 1. The van der Waals surface area contributed by atoms with Gasteiger partial charge in [0.2, 0.25) is 5.91 Å². The molecule has 2 aliphatic rings. The molecule has 47 heavy (non-hydrogen) atoms. The van der Waals surface area contributed by atoms with Crippen molar-refractivity contribution in [3.05, 3.63) is 78.1 Å². The van der Waals surface area contributed by atoms with Crippen molar-refractivity contribution >= 4 is 23.6 Å². The molecule has 2 aliphatic heterocycles. The van der Waals surface area contributed by atoms with Crippen LogP contribution in [0, 0.1) is 5.92 Å². The Morgan fingerprint density at radius 1 is 0.915 bits per heavy atom. The number of aromatic nitrogens is 1. The molecule has 2 N–H and O–H groups in total. The molecule has 10 heteroatoms. The molecule has 10 nitrogen and oxygen atoms in total. The SMILES string of the molecule is CCN(CC)C(=O)[C@@H]1CCCN(Cc2ccc(C(=O)N(C)CCN3CCCCC3OC(=O)Nc3ccccc3-c3ccccc3)[nH]2)C1. The van der Waals surface area contributed by atoms with Gasteiger partial charge in [-0.2, -0.15) is 0 Å². The Hall–Kier alpha value is -4.15. The average Bonchev–Trinajstić information content (AvgIpc) is 3.57. The molecule has 1 unspecified atom stereocenters.